The maximum absolute atomic E-state index is 12.2. The fourth-order valence-electron chi connectivity index (χ4n) is 2.49. The van der Waals surface area contributed by atoms with E-state index in [1.165, 1.54) is 20.2 Å². The summed E-state index contributed by atoms with van der Waals surface area (Å²) in [4.78, 5) is 36.6. The number of ether oxygens (including phenoxy) is 2. The van der Waals surface area contributed by atoms with Crippen molar-refractivity contribution in [3.05, 3.63) is 39.8 Å². The third-order valence-electron chi connectivity index (χ3n) is 3.79. The minimum Gasteiger partial charge on any atom is -0.504 e. The quantitative estimate of drug-likeness (QED) is 0.274. The number of thiophene rings is 1. The maximum atomic E-state index is 12.2. The average Bonchev–Trinajstić information content (AvgIpc) is 2.99. The van der Waals surface area contributed by atoms with Gasteiger partial charge in [0.05, 0.1) is 30.4 Å². The van der Waals surface area contributed by atoms with Crippen LogP contribution in [-0.2, 0) is 4.74 Å². The van der Waals surface area contributed by atoms with Crippen molar-refractivity contribution >= 4 is 40.3 Å². The first-order valence-corrected chi connectivity index (χ1v) is 9.39. The molecule has 2 rings (SSSR count). The van der Waals surface area contributed by atoms with Gasteiger partial charge in [0.1, 0.15) is 5.00 Å². The summed E-state index contributed by atoms with van der Waals surface area (Å²) in [5.41, 5.74) is 3.15. The normalized spacial score (nSPS) is 10.6. The summed E-state index contributed by atoms with van der Waals surface area (Å²) in [5.74, 6) is -0.708. The second kappa shape index (κ2) is 9.69. The van der Waals surface area contributed by atoms with Crippen LogP contribution >= 0.6 is 11.3 Å². The number of rotatable bonds is 7. The van der Waals surface area contributed by atoms with Gasteiger partial charge in [0.15, 0.2) is 17.3 Å². The molecule has 0 atom stereocenters. The molecule has 2 aromatic rings. The van der Waals surface area contributed by atoms with Crippen LogP contribution in [0.25, 0.3) is 0 Å². The number of hydrogen-bond acceptors (Lipinski definition) is 8. The number of carbonyl (C=O) groups excluding carboxylic acids is 3. The van der Waals surface area contributed by atoms with Crippen LogP contribution in [0, 0.1) is 6.92 Å². The maximum Gasteiger partial charge on any atom is 0.341 e. The zero-order valence-corrected chi connectivity index (χ0v) is 17.2. The lowest BCUT2D eigenvalue weighted by molar-refractivity contribution is 0.0527. The number of ketones is 1. The zero-order chi connectivity index (χ0) is 21.6. The summed E-state index contributed by atoms with van der Waals surface area (Å²) in [6, 6.07) is 4.09. The number of esters is 1. The molecule has 1 heterocycles. The lowest BCUT2D eigenvalue weighted by atomic mass is 10.1. The van der Waals surface area contributed by atoms with Crippen molar-refractivity contribution in [1.82, 2.24) is 5.43 Å². The van der Waals surface area contributed by atoms with Gasteiger partial charge in [-0.1, -0.05) is 6.07 Å². The predicted octanol–water partition coefficient (Wildman–Crippen LogP) is 3.31. The summed E-state index contributed by atoms with van der Waals surface area (Å²) < 4.78 is 10.0. The number of anilines is 1. The van der Waals surface area contributed by atoms with E-state index in [1.807, 2.05) is 0 Å². The number of phenolic OH excluding ortho intramolecular Hbond substituents is 1. The Kier molecular flexibility index (Phi) is 7.32. The lowest BCUT2D eigenvalue weighted by Gasteiger charge is -2.07. The number of carbonyl (C=O) groups is 3. The van der Waals surface area contributed by atoms with Crippen LogP contribution in [-0.4, -0.2) is 42.8 Å². The summed E-state index contributed by atoms with van der Waals surface area (Å²) >= 11 is 0.983. The van der Waals surface area contributed by atoms with E-state index < -0.39 is 12.0 Å². The number of amides is 2. The summed E-state index contributed by atoms with van der Waals surface area (Å²) in [7, 11) is 1.42. The molecule has 0 fully saturated rings. The molecule has 0 spiro atoms. The Balaban J connectivity index is 2.17. The van der Waals surface area contributed by atoms with Crippen LogP contribution in [0.2, 0.25) is 0 Å². The van der Waals surface area contributed by atoms with Gasteiger partial charge in [-0.2, -0.15) is 5.10 Å². The Morgan fingerprint density at radius 1 is 1.31 bits per heavy atom. The number of phenols is 1. The number of para-hydroxylation sites is 1. The highest BCUT2D eigenvalue weighted by Crippen LogP contribution is 2.34. The molecule has 29 heavy (non-hydrogen) atoms. The van der Waals surface area contributed by atoms with E-state index in [0.717, 1.165) is 11.3 Å². The van der Waals surface area contributed by atoms with Crippen LogP contribution in [0.15, 0.2) is 23.3 Å². The Bertz CT molecular complexity index is 967. The molecular formula is C19H21N3O6S. The average molecular weight is 419 g/mol. The SMILES string of the molecule is CCOC(=O)c1c(NC(=O)NN=Cc2cccc(OC)c2O)sc(C(C)=O)c1C. The molecule has 2 amide bonds. The molecule has 0 saturated heterocycles. The Morgan fingerprint density at radius 3 is 2.66 bits per heavy atom. The number of benzene rings is 1. The Morgan fingerprint density at radius 2 is 2.03 bits per heavy atom. The van der Waals surface area contributed by atoms with Gasteiger partial charge in [-0.25, -0.2) is 15.0 Å². The van der Waals surface area contributed by atoms with Crippen molar-refractivity contribution in [2.45, 2.75) is 20.8 Å². The van der Waals surface area contributed by atoms with E-state index in [4.69, 9.17) is 9.47 Å². The number of methoxy groups -OCH3 is 1. The number of aromatic hydroxyl groups is 1. The second-order valence-corrected chi connectivity index (χ2v) is 6.78. The minimum absolute atomic E-state index is 0.120. The molecule has 0 saturated carbocycles. The van der Waals surface area contributed by atoms with Crippen molar-refractivity contribution in [1.29, 1.82) is 0 Å². The Hall–Kier alpha value is -3.40. The van der Waals surface area contributed by atoms with Crippen LogP contribution in [0.1, 0.15) is 45.0 Å². The molecule has 0 aliphatic rings. The van der Waals surface area contributed by atoms with Crippen molar-refractivity contribution < 1.29 is 29.0 Å². The minimum atomic E-state index is -0.731. The molecule has 0 aliphatic carbocycles. The molecule has 0 bridgehead atoms. The summed E-state index contributed by atoms with van der Waals surface area (Å²) in [6.45, 7) is 4.81. The molecule has 9 nitrogen and oxygen atoms in total. The van der Waals surface area contributed by atoms with E-state index >= 15 is 0 Å². The highest BCUT2D eigenvalue weighted by Gasteiger charge is 2.25. The van der Waals surface area contributed by atoms with Gasteiger partial charge in [0.25, 0.3) is 0 Å². The molecule has 1 aromatic carbocycles. The van der Waals surface area contributed by atoms with Gasteiger partial charge in [-0.3, -0.25) is 10.1 Å². The topological polar surface area (TPSA) is 126 Å². The van der Waals surface area contributed by atoms with Crippen LogP contribution in [0.3, 0.4) is 0 Å². The van der Waals surface area contributed by atoms with E-state index in [2.05, 4.69) is 15.8 Å². The van der Waals surface area contributed by atoms with Gasteiger partial charge in [0.2, 0.25) is 0 Å². The smallest absolute Gasteiger partial charge is 0.341 e. The van der Waals surface area contributed by atoms with E-state index in [9.17, 15) is 19.5 Å². The molecule has 3 N–H and O–H groups in total. The molecule has 0 aliphatic heterocycles. The fourth-order valence-corrected chi connectivity index (χ4v) is 3.57. The number of nitrogens with zero attached hydrogens (tertiary/aromatic N) is 1. The first-order valence-electron chi connectivity index (χ1n) is 8.57. The molecule has 0 radical (unpaired) electrons. The first-order chi connectivity index (χ1) is 13.8. The third-order valence-corrected chi connectivity index (χ3v) is 5.10. The molecule has 0 unspecified atom stereocenters. The van der Waals surface area contributed by atoms with Gasteiger partial charge in [-0.05, 0) is 38.5 Å². The zero-order valence-electron chi connectivity index (χ0n) is 16.4. The monoisotopic (exact) mass is 419 g/mol. The molecule has 154 valence electrons. The fraction of sp³-hybridized carbons (Fsp3) is 0.263. The highest BCUT2D eigenvalue weighted by molar-refractivity contribution is 7.18. The van der Waals surface area contributed by atoms with Crippen LogP contribution in [0.4, 0.5) is 9.80 Å². The van der Waals surface area contributed by atoms with E-state index in [0.29, 0.717) is 16.0 Å². The van der Waals surface area contributed by atoms with Crippen LogP contribution < -0.4 is 15.5 Å². The first kappa shape index (κ1) is 21.9. The van der Waals surface area contributed by atoms with Gasteiger partial charge in [0, 0.05) is 5.56 Å². The summed E-state index contributed by atoms with van der Waals surface area (Å²) in [6.07, 6.45) is 1.24. The molecular weight excluding hydrogens is 398 g/mol. The highest BCUT2D eigenvalue weighted by atomic mass is 32.1. The molecule has 10 heteroatoms. The number of hydrogen-bond donors (Lipinski definition) is 3. The van der Waals surface area contributed by atoms with E-state index in [-0.39, 0.29) is 34.5 Å². The predicted molar refractivity (Wildman–Crippen MR) is 109 cm³/mol. The van der Waals surface area contributed by atoms with Crippen molar-refractivity contribution in [2.24, 2.45) is 5.10 Å². The van der Waals surface area contributed by atoms with Gasteiger partial charge >= 0.3 is 12.0 Å². The standard InChI is InChI=1S/C19H21N3O6S/c1-5-28-18(25)14-10(2)16(11(3)23)29-17(14)21-19(26)22-20-9-12-7-6-8-13(27-4)15(12)24/h6-9,24H,5H2,1-4H3,(H2,21,22,26). The van der Waals surface area contributed by atoms with Gasteiger partial charge in [-0.15, -0.1) is 11.3 Å². The third kappa shape index (κ3) is 5.11. The van der Waals surface area contributed by atoms with Crippen molar-refractivity contribution in [3.63, 3.8) is 0 Å². The Labute approximate surface area is 171 Å². The number of urea groups is 1. The van der Waals surface area contributed by atoms with Crippen molar-refractivity contribution in [2.75, 3.05) is 19.0 Å². The number of Topliss-reactive ketones (excluding diaryl/α,β-unsaturated/α-hetero) is 1. The van der Waals surface area contributed by atoms with Crippen molar-refractivity contribution in [3.8, 4) is 11.5 Å². The second-order valence-electron chi connectivity index (χ2n) is 5.76. The molecule has 1 aromatic heterocycles. The number of hydrazone groups is 1. The summed E-state index contributed by atoms with van der Waals surface area (Å²) in [5, 5.41) is 16.5. The number of nitrogens with one attached hydrogen (secondary N) is 2. The van der Waals surface area contributed by atoms with Gasteiger partial charge < -0.3 is 14.6 Å². The van der Waals surface area contributed by atoms with E-state index in [1.54, 1.807) is 32.0 Å². The van der Waals surface area contributed by atoms with Crippen LogP contribution in [0.5, 0.6) is 11.5 Å². The lowest BCUT2D eigenvalue weighted by Crippen LogP contribution is -2.24. The largest absolute Gasteiger partial charge is 0.504 e.